The Bertz CT molecular complexity index is 3940. The minimum atomic E-state index is -1.31. The van der Waals surface area contributed by atoms with Gasteiger partial charge in [0.15, 0.2) is 0 Å². The SMILES string of the molecule is CNC(=O)C[C@@H]1NC(=O)c2csc(n2)-c2ccc(-c3nc(N(CC(=O)O)C(=O)C4CCC(C(=O)O)CC4)cs3)nc2-c2csc(n2)-c2csc(n2)[C@H]([C@@H](O)c2ccccc2)NC(=O)CNC(=O)c2nc(sc2COC)[C@H](C(C)C)NC(=O)c2nc1sc2C. The maximum absolute atomic E-state index is 14.4. The zero-order chi connectivity index (χ0) is 62.5. The fourth-order valence-corrected chi connectivity index (χ4v) is 15.5. The Morgan fingerprint density at radius 3 is 2.08 bits per heavy atom. The monoisotopic (exact) mass is 1310 g/mol. The molecule has 0 radical (unpaired) electrons. The van der Waals surface area contributed by atoms with E-state index in [9.17, 15) is 53.7 Å². The van der Waals surface area contributed by atoms with Crippen LogP contribution in [0.3, 0.4) is 0 Å². The van der Waals surface area contributed by atoms with E-state index in [1.807, 2.05) is 13.8 Å². The lowest BCUT2D eigenvalue weighted by molar-refractivity contribution is -0.144. The molecule has 31 heteroatoms. The number of anilines is 1. The molecular formula is C57H57N13O12S6. The van der Waals surface area contributed by atoms with Gasteiger partial charge in [-0.2, -0.15) is 0 Å². The number of aromatic nitrogens is 7. The molecule has 1 saturated carbocycles. The third-order valence-corrected chi connectivity index (χ3v) is 20.2. The second kappa shape index (κ2) is 27.5. The number of ether oxygens (including phenoxy) is 1. The first-order chi connectivity index (χ1) is 42.3. The first-order valence-corrected chi connectivity index (χ1v) is 32.6. The number of hydrogen-bond donors (Lipinski definition) is 8. The lowest BCUT2D eigenvalue weighted by Crippen LogP contribution is -2.41. The average Bonchev–Trinajstić information content (AvgIpc) is 2.82. The number of carbonyl (C=O) groups is 8. The molecule has 7 aromatic heterocycles. The molecule has 25 nitrogen and oxygen atoms in total. The van der Waals surface area contributed by atoms with Gasteiger partial charge in [0.1, 0.15) is 88.7 Å². The van der Waals surface area contributed by atoms with Crippen LogP contribution in [0.4, 0.5) is 5.82 Å². The van der Waals surface area contributed by atoms with Crippen molar-refractivity contribution in [1.29, 1.82) is 0 Å². The van der Waals surface area contributed by atoms with Gasteiger partial charge in [0.25, 0.3) is 17.7 Å². The Morgan fingerprint density at radius 1 is 0.682 bits per heavy atom. The molecule has 8 aromatic rings. The van der Waals surface area contributed by atoms with Crippen molar-refractivity contribution in [2.45, 2.75) is 83.7 Å². The largest absolute Gasteiger partial charge is 0.481 e. The van der Waals surface area contributed by atoms with Gasteiger partial charge < -0.3 is 46.6 Å². The predicted molar refractivity (Wildman–Crippen MR) is 330 cm³/mol. The number of carboxylic acid groups (broad SMARTS) is 2. The second-order valence-electron chi connectivity index (χ2n) is 20.9. The van der Waals surface area contributed by atoms with Crippen molar-refractivity contribution in [2.75, 3.05) is 32.1 Å². The van der Waals surface area contributed by atoms with Crippen LogP contribution in [0.1, 0.15) is 132 Å². The molecule has 0 saturated heterocycles. The molecule has 4 atom stereocenters. The number of carbonyl (C=O) groups excluding carboxylic acids is 6. The van der Waals surface area contributed by atoms with E-state index in [1.165, 1.54) is 25.5 Å². The maximum atomic E-state index is 14.4. The Hall–Kier alpha value is -8.17. The maximum Gasteiger partial charge on any atom is 0.323 e. The highest BCUT2D eigenvalue weighted by molar-refractivity contribution is 7.15. The Morgan fingerprint density at radius 2 is 1.36 bits per heavy atom. The number of thiazole rings is 6. The summed E-state index contributed by atoms with van der Waals surface area (Å²) in [5, 5.41) is 54.0. The molecule has 8 N–H and O–H groups in total. The van der Waals surface area contributed by atoms with E-state index >= 15 is 0 Å². The van der Waals surface area contributed by atoms with Crippen LogP contribution in [0.5, 0.6) is 0 Å². The highest BCUT2D eigenvalue weighted by atomic mass is 32.1. The number of carboxylic acids is 2. The summed E-state index contributed by atoms with van der Waals surface area (Å²) in [5.41, 5.74) is 2.21. The molecule has 88 heavy (non-hydrogen) atoms. The van der Waals surface area contributed by atoms with Gasteiger partial charge in [0.2, 0.25) is 17.7 Å². The fourth-order valence-electron chi connectivity index (χ4n) is 9.91. The number of aryl methyl sites for hydroxylation is 1. The molecule has 0 spiro atoms. The molecule has 10 rings (SSSR count). The smallest absolute Gasteiger partial charge is 0.323 e. The van der Waals surface area contributed by atoms with Crippen LogP contribution in [0, 0.1) is 24.7 Å². The van der Waals surface area contributed by atoms with Crippen LogP contribution in [0.25, 0.3) is 43.4 Å². The van der Waals surface area contributed by atoms with Crippen LogP contribution in [-0.2, 0) is 35.3 Å². The van der Waals surface area contributed by atoms with Crippen molar-refractivity contribution in [3.05, 3.63) is 111 Å². The Labute approximate surface area is 526 Å². The minimum Gasteiger partial charge on any atom is -0.481 e. The number of aliphatic hydroxyl groups excluding tert-OH is 1. The number of nitrogens with zero attached hydrogens (tertiary/aromatic N) is 8. The third kappa shape index (κ3) is 14.0. The molecule has 1 fully saturated rings. The topological polar surface area (TPSA) is 360 Å². The number of nitrogens with one attached hydrogen (secondary N) is 5. The van der Waals surface area contributed by atoms with E-state index in [0.29, 0.717) is 63.0 Å². The van der Waals surface area contributed by atoms with E-state index in [2.05, 4.69) is 36.6 Å². The lowest BCUT2D eigenvalue weighted by atomic mass is 9.81. The zero-order valence-corrected chi connectivity index (χ0v) is 52.5. The van der Waals surface area contributed by atoms with Crippen molar-refractivity contribution >= 4 is 121 Å². The summed E-state index contributed by atoms with van der Waals surface area (Å²) in [4.78, 5) is 143. The summed E-state index contributed by atoms with van der Waals surface area (Å²) in [6.07, 6.45) is -0.462. The quantitative estimate of drug-likeness (QED) is 0.0550. The normalized spacial score (nSPS) is 18.7. The molecule has 1 aliphatic heterocycles. The van der Waals surface area contributed by atoms with Gasteiger partial charge in [-0.1, -0.05) is 44.2 Å². The summed E-state index contributed by atoms with van der Waals surface area (Å²) >= 11 is 6.89. The average molecular weight is 1310 g/mol. The molecule has 6 amide bonds. The number of methoxy groups -OCH3 is 1. The van der Waals surface area contributed by atoms with E-state index < -0.39 is 96.5 Å². The number of fused-ring (bicyclic) bond motifs is 14. The van der Waals surface area contributed by atoms with E-state index in [4.69, 9.17) is 29.7 Å². The van der Waals surface area contributed by atoms with Gasteiger partial charge in [0, 0.05) is 52.0 Å². The fraction of sp³-hybridized carbons (Fsp3) is 0.351. The van der Waals surface area contributed by atoms with Crippen LogP contribution in [0.15, 0.2) is 64.0 Å². The molecule has 458 valence electrons. The summed E-state index contributed by atoms with van der Waals surface area (Å²) in [6.45, 7) is 4.19. The minimum absolute atomic E-state index is 0.0146. The van der Waals surface area contributed by atoms with Gasteiger partial charge in [-0.05, 0) is 56.2 Å². The highest BCUT2D eigenvalue weighted by Crippen LogP contribution is 2.41. The molecule has 10 bridgehead atoms. The van der Waals surface area contributed by atoms with Crippen molar-refractivity contribution in [3.63, 3.8) is 0 Å². The van der Waals surface area contributed by atoms with Gasteiger partial charge in [-0.25, -0.2) is 34.9 Å². The lowest BCUT2D eigenvalue weighted by Gasteiger charge is -2.29. The number of rotatable bonds is 13. The van der Waals surface area contributed by atoms with E-state index in [1.54, 1.807) is 70.9 Å². The summed E-state index contributed by atoms with van der Waals surface area (Å²) in [5.74, 6) is -7.10. The Kier molecular flexibility index (Phi) is 19.6. The van der Waals surface area contributed by atoms with Gasteiger partial charge in [0.05, 0.1) is 48.1 Å². The summed E-state index contributed by atoms with van der Waals surface area (Å²) < 4.78 is 5.45. The molecular weight excluding hydrogens is 1250 g/mol. The Balaban J connectivity index is 1.05. The van der Waals surface area contributed by atoms with Crippen LogP contribution < -0.4 is 31.5 Å². The molecule has 1 aliphatic carbocycles. The molecule has 0 unspecified atom stereocenters. The number of aliphatic carboxylic acids is 2. The van der Waals surface area contributed by atoms with Gasteiger partial charge in [-0.3, -0.25) is 43.3 Å². The van der Waals surface area contributed by atoms with Crippen LogP contribution in [0.2, 0.25) is 0 Å². The third-order valence-electron chi connectivity index (χ3n) is 14.5. The number of amides is 6. The molecule has 1 aromatic carbocycles. The van der Waals surface area contributed by atoms with E-state index in [-0.39, 0.29) is 78.2 Å². The molecule has 8 heterocycles. The van der Waals surface area contributed by atoms with Gasteiger partial charge >= 0.3 is 11.9 Å². The first kappa shape index (κ1) is 62.9. The van der Waals surface area contributed by atoms with E-state index in [0.717, 1.165) is 61.6 Å². The number of benzene rings is 1. The predicted octanol–water partition coefficient (Wildman–Crippen LogP) is 7.62. The second-order valence-corrected chi connectivity index (χ2v) is 26.7. The van der Waals surface area contributed by atoms with Gasteiger partial charge in [-0.15, -0.1) is 68.0 Å². The van der Waals surface area contributed by atoms with Crippen LogP contribution in [-0.4, -0.2) is 125 Å². The first-order valence-electron chi connectivity index (χ1n) is 27.5. The van der Waals surface area contributed by atoms with Crippen molar-refractivity contribution in [1.82, 2.24) is 61.5 Å². The summed E-state index contributed by atoms with van der Waals surface area (Å²) in [6, 6.07) is 9.17. The zero-order valence-electron chi connectivity index (χ0n) is 47.6. The number of pyridine rings is 1. The molecule has 2 aliphatic rings. The summed E-state index contributed by atoms with van der Waals surface area (Å²) in [7, 11) is 2.91. The standard InChI is InChI=1S/C57H57N13O12S6/c1-25(2)41-55-69-44(36(88-55)20-82-5)48(77)59-18-39(72)66-45(46(75)27-9-7-6-8-10-27)54-64-35(23-85-54)52-62-33(21-84-52)43-30(50-63-34(22-83-50)47(76)61-32(17-38(71)58-4)53-68-42(26(3)87-53)49(78)67-41)15-16-31(60-43)51-65-37(24-86-51)70(19-40(73)74)56(79)28-11-13-29(14-12-28)57(80)81/h6-10,15-16,21-25,28-29,32,41,45-46,75H,11-14,17-20H2,1-5H3,(H,58,71)(H,59,77)(H,61,76)(H,66,72)(H,67,78)(H,73,74)(H,80,81)/t28?,29?,32-,41-,45-,46-/m0/s1. The number of aliphatic hydroxyl groups is 1. The highest BCUT2D eigenvalue weighted by Gasteiger charge is 2.36. The van der Waals surface area contributed by atoms with Crippen molar-refractivity contribution in [2.24, 2.45) is 17.8 Å². The van der Waals surface area contributed by atoms with Crippen LogP contribution >= 0.6 is 68.0 Å². The number of hydrogen-bond acceptors (Lipinski definition) is 23. The van der Waals surface area contributed by atoms with Crippen molar-refractivity contribution in [3.8, 4) is 43.4 Å². The van der Waals surface area contributed by atoms with Crippen molar-refractivity contribution < 1.29 is 58.4 Å².